The van der Waals surface area contributed by atoms with Crippen molar-refractivity contribution in [2.45, 2.75) is 25.3 Å². The minimum atomic E-state index is -1.02. The number of carboxylic acid groups (broad SMARTS) is 1. The van der Waals surface area contributed by atoms with Crippen molar-refractivity contribution >= 4 is 11.8 Å². The second-order valence-corrected chi connectivity index (χ2v) is 5.20. The Bertz CT molecular complexity index is 473. The van der Waals surface area contributed by atoms with Crippen LogP contribution >= 0.6 is 0 Å². The molecule has 6 heteroatoms. The lowest BCUT2D eigenvalue weighted by Crippen LogP contribution is -2.35. The normalized spacial score (nSPS) is 24.0. The quantitative estimate of drug-likeness (QED) is 0.871. The molecule has 0 radical (unpaired) electrons. The zero-order valence-electron chi connectivity index (χ0n) is 10.8. The molecule has 2 aliphatic heterocycles. The Morgan fingerprint density at radius 3 is 2.79 bits per heavy atom. The number of hydrogen-bond acceptors (Lipinski definition) is 5. The van der Waals surface area contributed by atoms with Crippen LogP contribution in [0.15, 0.2) is 12.4 Å². The number of anilines is 1. The summed E-state index contributed by atoms with van der Waals surface area (Å²) in [7, 11) is 0. The number of rotatable bonds is 3. The second kappa shape index (κ2) is 5.13. The molecular weight excluding hydrogens is 244 g/mol. The predicted molar refractivity (Wildman–Crippen MR) is 70.4 cm³/mol. The van der Waals surface area contributed by atoms with Crippen molar-refractivity contribution in [2.75, 3.05) is 31.1 Å². The standard InChI is InChI=1S/C13H18N4O2/c18-13(19)11-7-14-8-12(15-11)17-6-3-10(9-17)16-4-1-2-5-16/h7-8,10H,1-6,9H2,(H,18,19). The van der Waals surface area contributed by atoms with E-state index in [0.717, 1.165) is 19.5 Å². The largest absolute Gasteiger partial charge is 0.476 e. The Morgan fingerprint density at radius 1 is 1.26 bits per heavy atom. The third kappa shape index (κ3) is 2.53. The van der Waals surface area contributed by atoms with E-state index in [2.05, 4.69) is 19.8 Å². The molecule has 102 valence electrons. The molecule has 0 amide bonds. The maximum Gasteiger partial charge on any atom is 0.356 e. The van der Waals surface area contributed by atoms with Gasteiger partial charge in [0.15, 0.2) is 5.69 Å². The third-order valence-electron chi connectivity index (χ3n) is 3.99. The van der Waals surface area contributed by atoms with Crippen LogP contribution in [0.3, 0.4) is 0 Å². The Kier molecular flexibility index (Phi) is 3.33. The molecule has 2 saturated heterocycles. The molecule has 1 N–H and O–H groups in total. The van der Waals surface area contributed by atoms with Gasteiger partial charge in [0.05, 0.1) is 12.4 Å². The number of hydrogen-bond donors (Lipinski definition) is 1. The Labute approximate surface area is 112 Å². The van der Waals surface area contributed by atoms with Gasteiger partial charge in [-0.05, 0) is 32.4 Å². The number of aromatic carboxylic acids is 1. The molecular formula is C13H18N4O2. The van der Waals surface area contributed by atoms with Crippen LogP contribution in [0, 0.1) is 0 Å². The summed E-state index contributed by atoms with van der Waals surface area (Å²) < 4.78 is 0. The molecule has 1 aromatic rings. The molecule has 3 heterocycles. The number of nitrogens with zero attached hydrogens (tertiary/aromatic N) is 4. The summed E-state index contributed by atoms with van der Waals surface area (Å²) in [4.78, 5) is 23.7. The van der Waals surface area contributed by atoms with E-state index in [9.17, 15) is 4.79 Å². The predicted octanol–water partition coefficient (Wildman–Crippen LogP) is 0.849. The Balaban J connectivity index is 1.70. The van der Waals surface area contributed by atoms with Gasteiger partial charge < -0.3 is 10.0 Å². The maximum atomic E-state index is 10.9. The maximum absolute atomic E-state index is 10.9. The lowest BCUT2D eigenvalue weighted by molar-refractivity contribution is 0.0690. The summed E-state index contributed by atoms with van der Waals surface area (Å²) in [6.07, 6.45) is 6.66. The van der Waals surface area contributed by atoms with Gasteiger partial charge in [-0.1, -0.05) is 0 Å². The molecule has 0 spiro atoms. The number of carboxylic acids is 1. The Morgan fingerprint density at radius 2 is 2.05 bits per heavy atom. The van der Waals surface area contributed by atoms with Gasteiger partial charge in [0.2, 0.25) is 0 Å². The van der Waals surface area contributed by atoms with Crippen LogP contribution in [-0.2, 0) is 0 Å². The first-order chi connectivity index (χ1) is 9.24. The van der Waals surface area contributed by atoms with E-state index < -0.39 is 5.97 Å². The summed E-state index contributed by atoms with van der Waals surface area (Å²) in [6, 6.07) is 0.581. The first-order valence-corrected chi connectivity index (χ1v) is 6.78. The van der Waals surface area contributed by atoms with Crippen LogP contribution in [0.2, 0.25) is 0 Å². The molecule has 1 atom stereocenters. The monoisotopic (exact) mass is 262 g/mol. The summed E-state index contributed by atoms with van der Waals surface area (Å²) in [5, 5.41) is 8.95. The van der Waals surface area contributed by atoms with Crippen molar-refractivity contribution in [1.82, 2.24) is 14.9 Å². The van der Waals surface area contributed by atoms with Crippen LogP contribution < -0.4 is 4.90 Å². The highest BCUT2D eigenvalue weighted by atomic mass is 16.4. The van der Waals surface area contributed by atoms with Crippen LogP contribution in [0.5, 0.6) is 0 Å². The van der Waals surface area contributed by atoms with E-state index in [1.54, 1.807) is 6.20 Å². The van der Waals surface area contributed by atoms with E-state index in [-0.39, 0.29) is 5.69 Å². The topological polar surface area (TPSA) is 69.6 Å². The average Bonchev–Trinajstić information content (AvgIpc) is 3.09. The van der Waals surface area contributed by atoms with Crippen LogP contribution in [0.1, 0.15) is 29.8 Å². The van der Waals surface area contributed by atoms with Gasteiger partial charge in [-0.3, -0.25) is 9.88 Å². The molecule has 6 nitrogen and oxygen atoms in total. The van der Waals surface area contributed by atoms with Gasteiger partial charge in [-0.2, -0.15) is 0 Å². The molecule has 2 fully saturated rings. The summed E-state index contributed by atoms with van der Waals surface area (Å²) in [6.45, 7) is 4.25. The van der Waals surface area contributed by atoms with Crippen LogP contribution in [0.4, 0.5) is 5.82 Å². The highest BCUT2D eigenvalue weighted by molar-refractivity contribution is 5.85. The highest BCUT2D eigenvalue weighted by Gasteiger charge is 2.30. The zero-order valence-corrected chi connectivity index (χ0v) is 10.8. The van der Waals surface area contributed by atoms with Crippen molar-refractivity contribution < 1.29 is 9.90 Å². The molecule has 0 bridgehead atoms. The number of aromatic nitrogens is 2. The second-order valence-electron chi connectivity index (χ2n) is 5.20. The van der Waals surface area contributed by atoms with E-state index in [0.29, 0.717) is 11.9 Å². The van der Waals surface area contributed by atoms with Gasteiger partial charge in [0.25, 0.3) is 0 Å². The van der Waals surface area contributed by atoms with Crippen molar-refractivity contribution in [3.05, 3.63) is 18.1 Å². The SMILES string of the molecule is O=C(O)c1cncc(N2CCC(N3CCCC3)C2)n1. The van der Waals surface area contributed by atoms with Gasteiger partial charge in [0.1, 0.15) is 5.82 Å². The summed E-state index contributed by atoms with van der Waals surface area (Å²) >= 11 is 0. The smallest absolute Gasteiger partial charge is 0.356 e. The van der Waals surface area contributed by atoms with Crippen LogP contribution in [-0.4, -0.2) is 58.2 Å². The van der Waals surface area contributed by atoms with E-state index in [1.165, 1.54) is 32.1 Å². The molecule has 2 aliphatic rings. The first-order valence-electron chi connectivity index (χ1n) is 6.78. The van der Waals surface area contributed by atoms with Crippen molar-refractivity contribution in [3.63, 3.8) is 0 Å². The minimum absolute atomic E-state index is 0.0159. The summed E-state index contributed by atoms with van der Waals surface area (Å²) in [5.74, 6) is -0.341. The lowest BCUT2D eigenvalue weighted by Gasteiger charge is -2.23. The highest BCUT2D eigenvalue weighted by Crippen LogP contribution is 2.23. The Hall–Kier alpha value is -1.69. The molecule has 0 saturated carbocycles. The molecule has 0 aromatic carbocycles. The third-order valence-corrected chi connectivity index (χ3v) is 3.99. The zero-order chi connectivity index (χ0) is 13.2. The van der Waals surface area contributed by atoms with Crippen LogP contribution in [0.25, 0.3) is 0 Å². The van der Waals surface area contributed by atoms with Crippen molar-refractivity contribution in [1.29, 1.82) is 0 Å². The fourth-order valence-electron chi connectivity index (χ4n) is 2.97. The van der Waals surface area contributed by atoms with Gasteiger partial charge in [-0.15, -0.1) is 0 Å². The molecule has 19 heavy (non-hydrogen) atoms. The molecule has 0 aliphatic carbocycles. The van der Waals surface area contributed by atoms with Crippen molar-refractivity contribution in [2.24, 2.45) is 0 Å². The van der Waals surface area contributed by atoms with E-state index in [4.69, 9.17) is 5.11 Å². The molecule has 1 unspecified atom stereocenters. The first kappa shape index (κ1) is 12.3. The number of likely N-dealkylation sites (tertiary alicyclic amines) is 1. The molecule has 1 aromatic heterocycles. The van der Waals surface area contributed by atoms with Gasteiger partial charge in [0, 0.05) is 19.1 Å². The fraction of sp³-hybridized carbons (Fsp3) is 0.615. The van der Waals surface area contributed by atoms with E-state index >= 15 is 0 Å². The van der Waals surface area contributed by atoms with Gasteiger partial charge in [-0.25, -0.2) is 9.78 Å². The van der Waals surface area contributed by atoms with E-state index in [1.807, 2.05) is 0 Å². The average molecular weight is 262 g/mol. The number of carbonyl (C=O) groups is 1. The van der Waals surface area contributed by atoms with Gasteiger partial charge >= 0.3 is 5.97 Å². The summed E-state index contributed by atoms with van der Waals surface area (Å²) in [5.41, 5.74) is 0.0159. The van der Waals surface area contributed by atoms with Crippen molar-refractivity contribution in [3.8, 4) is 0 Å². The minimum Gasteiger partial charge on any atom is -0.476 e. The fourth-order valence-corrected chi connectivity index (χ4v) is 2.97. The lowest BCUT2D eigenvalue weighted by atomic mass is 10.2. The molecule has 3 rings (SSSR count).